The molecule has 2 aromatic rings. The summed E-state index contributed by atoms with van der Waals surface area (Å²) in [6.07, 6.45) is 5.18. The van der Waals surface area contributed by atoms with Crippen LogP contribution in [0.25, 0.3) is 0 Å². The van der Waals surface area contributed by atoms with E-state index in [4.69, 9.17) is 4.74 Å². The van der Waals surface area contributed by atoms with Crippen LogP contribution < -0.4 is 15.0 Å². The number of rotatable bonds is 6. The summed E-state index contributed by atoms with van der Waals surface area (Å²) < 4.78 is 5.77. The molecule has 0 spiro atoms. The molecule has 1 aliphatic heterocycles. The number of carbonyl (C=O) groups is 1. The van der Waals surface area contributed by atoms with Gasteiger partial charge < -0.3 is 15.0 Å². The fourth-order valence-corrected chi connectivity index (χ4v) is 3.03. The molecule has 6 heteroatoms. The number of aromatic nitrogens is 2. The van der Waals surface area contributed by atoms with E-state index in [2.05, 4.69) is 15.3 Å². The van der Waals surface area contributed by atoms with Crippen LogP contribution >= 0.6 is 0 Å². The number of amides is 1. The Morgan fingerprint density at radius 2 is 2.16 bits per heavy atom. The number of hydrogen-bond acceptors (Lipinski definition) is 5. The lowest BCUT2D eigenvalue weighted by molar-refractivity contribution is -0.123. The number of carbonyl (C=O) groups excluding carboxylic acids is 1. The van der Waals surface area contributed by atoms with Crippen molar-refractivity contribution < 1.29 is 9.53 Å². The third-order valence-corrected chi connectivity index (χ3v) is 4.24. The van der Waals surface area contributed by atoms with Gasteiger partial charge in [0.2, 0.25) is 11.9 Å². The van der Waals surface area contributed by atoms with Crippen molar-refractivity contribution in [3.63, 3.8) is 0 Å². The molecular formula is C19H24N4O2. The molecule has 0 bridgehead atoms. The van der Waals surface area contributed by atoms with Crippen LogP contribution in [-0.2, 0) is 4.79 Å². The molecule has 1 fully saturated rings. The maximum absolute atomic E-state index is 12.6. The van der Waals surface area contributed by atoms with Crippen LogP contribution in [0.1, 0.15) is 25.3 Å². The van der Waals surface area contributed by atoms with Gasteiger partial charge in [0.15, 0.2) is 0 Å². The maximum Gasteiger partial charge on any atom is 0.243 e. The number of anilines is 1. The van der Waals surface area contributed by atoms with E-state index >= 15 is 0 Å². The molecule has 6 nitrogen and oxygen atoms in total. The first kappa shape index (κ1) is 17.2. The molecule has 132 valence electrons. The summed E-state index contributed by atoms with van der Waals surface area (Å²) in [6, 6.07) is 9.38. The van der Waals surface area contributed by atoms with Gasteiger partial charge in [-0.05, 0) is 50.5 Å². The Labute approximate surface area is 148 Å². The van der Waals surface area contributed by atoms with Crippen molar-refractivity contribution in [1.82, 2.24) is 15.3 Å². The fraction of sp³-hybridized carbons (Fsp3) is 0.421. The highest BCUT2D eigenvalue weighted by atomic mass is 16.5. The van der Waals surface area contributed by atoms with Gasteiger partial charge in [-0.1, -0.05) is 12.1 Å². The first-order valence-electron chi connectivity index (χ1n) is 8.67. The number of benzene rings is 1. The zero-order valence-electron chi connectivity index (χ0n) is 14.7. The maximum atomic E-state index is 12.6. The fourth-order valence-electron chi connectivity index (χ4n) is 3.03. The topological polar surface area (TPSA) is 67.3 Å². The molecule has 2 heterocycles. The molecule has 0 saturated carbocycles. The van der Waals surface area contributed by atoms with Crippen LogP contribution in [0.3, 0.4) is 0 Å². The largest absolute Gasteiger partial charge is 0.491 e. The minimum atomic E-state index is -0.219. The van der Waals surface area contributed by atoms with Crippen LogP contribution in [0.4, 0.5) is 5.95 Å². The molecule has 1 amide bonds. The molecule has 3 rings (SSSR count). The Bertz CT molecular complexity index is 708. The van der Waals surface area contributed by atoms with Gasteiger partial charge in [-0.15, -0.1) is 0 Å². The SMILES string of the molecule is Cc1cccc(OC[C@@H](C)NC(=O)[C@H]2CCCN2c2ncccn2)c1. The summed E-state index contributed by atoms with van der Waals surface area (Å²) in [7, 11) is 0. The van der Waals surface area contributed by atoms with Crippen LogP contribution in [0.2, 0.25) is 0 Å². The molecule has 1 aromatic carbocycles. The second-order valence-electron chi connectivity index (χ2n) is 6.44. The van der Waals surface area contributed by atoms with E-state index in [1.165, 1.54) is 0 Å². The van der Waals surface area contributed by atoms with Gasteiger partial charge in [-0.3, -0.25) is 4.79 Å². The monoisotopic (exact) mass is 340 g/mol. The zero-order valence-corrected chi connectivity index (χ0v) is 14.7. The highest BCUT2D eigenvalue weighted by molar-refractivity contribution is 5.85. The minimum Gasteiger partial charge on any atom is -0.491 e. The highest BCUT2D eigenvalue weighted by Gasteiger charge is 2.32. The van der Waals surface area contributed by atoms with Gasteiger partial charge in [-0.25, -0.2) is 9.97 Å². The number of ether oxygens (including phenoxy) is 1. The van der Waals surface area contributed by atoms with Gasteiger partial charge in [0, 0.05) is 18.9 Å². The van der Waals surface area contributed by atoms with Gasteiger partial charge in [0.05, 0.1) is 6.04 Å². The predicted octanol–water partition coefficient (Wildman–Crippen LogP) is 2.34. The lowest BCUT2D eigenvalue weighted by Gasteiger charge is -2.25. The van der Waals surface area contributed by atoms with Crippen molar-refractivity contribution in [2.24, 2.45) is 0 Å². The molecule has 2 atom stereocenters. The highest BCUT2D eigenvalue weighted by Crippen LogP contribution is 2.22. The van der Waals surface area contributed by atoms with Crippen LogP contribution in [0.5, 0.6) is 5.75 Å². The van der Waals surface area contributed by atoms with Crippen molar-refractivity contribution in [1.29, 1.82) is 0 Å². The Morgan fingerprint density at radius 1 is 1.36 bits per heavy atom. The van der Waals surface area contributed by atoms with E-state index in [1.54, 1.807) is 18.5 Å². The Hall–Kier alpha value is -2.63. The molecule has 1 N–H and O–H groups in total. The summed E-state index contributed by atoms with van der Waals surface area (Å²) in [4.78, 5) is 23.2. The van der Waals surface area contributed by atoms with Crippen LogP contribution in [0, 0.1) is 6.92 Å². The second kappa shape index (κ2) is 7.96. The molecule has 0 aliphatic carbocycles. The summed E-state index contributed by atoms with van der Waals surface area (Å²) in [5, 5.41) is 3.05. The van der Waals surface area contributed by atoms with E-state index in [0.29, 0.717) is 12.6 Å². The van der Waals surface area contributed by atoms with Crippen molar-refractivity contribution in [2.75, 3.05) is 18.1 Å². The number of hydrogen-bond donors (Lipinski definition) is 1. The van der Waals surface area contributed by atoms with E-state index < -0.39 is 0 Å². The standard InChI is InChI=1S/C19H24N4O2/c1-14-6-3-7-16(12-14)25-13-15(2)22-18(24)17-8-4-11-23(17)19-20-9-5-10-21-19/h3,5-7,9-10,12,15,17H,4,8,11,13H2,1-2H3,(H,22,24)/t15-,17-/m1/s1. The molecule has 25 heavy (non-hydrogen) atoms. The number of nitrogens with zero attached hydrogens (tertiary/aromatic N) is 3. The van der Waals surface area contributed by atoms with Gasteiger partial charge in [0.25, 0.3) is 0 Å². The van der Waals surface area contributed by atoms with Gasteiger partial charge >= 0.3 is 0 Å². The molecule has 1 aromatic heterocycles. The van der Waals surface area contributed by atoms with Crippen molar-refractivity contribution in [2.45, 2.75) is 38.8 Å². The first-order valence-corrected chi connectivity index (χ1v) is 8.67. The number of aryl methyl sites for hydroxylation is 1. The molecule has 0 radical (unpaired) electrons. The lowest BCUT2D eigenvalue weighted by atomic mass is 10.2. The van der Waals surface area contributed by atoms with E-state index in [0.717, 1.165) is 30.7 Å². The normalized spacial score (nSPS) is 18.0. The summed E-state index contributed by atoms with van der Waals surface area (Å²) in [5.41, 5.74) is 1.15. The van der Waals surface area contributed by atoms with E-state index in [-0.39, 0.29) is 18.0 Å². The smallest absolute Gasteiger partial charge is 0.243 e. The first-order chi connectivity index (χ1) is 12.1. The minimum absolute atomic E-state index is 0.00490. The lowest BCUT2D eigenvalue weighted by Crippen LogP contribution is -2.48. The molecule has 0 unspecified atom stereocenters. The number of nitrogens with one attached hydrogen (secondary N) is 1. The molecule has 1 aliphatic rings. The zero-order chi connectivity index (χ0) is 17.6. The molecular weight excluding hydrogens is 316 g/mol. The predicted molar refractivity (Wildman–Crippen MR) is 96.7 cm³/mol. The third kappa shape index (κ3) is 4.47. The van der Waals surface area contributed by atoms with Crippen molar-refractivity contribution in [3.05, 3.63) is 48.3 Å². The summed E-state index contributed by atoms with van der Waals surface area (Å²) >= 11 is 0. The average Bonchev–Trinajstić information content (AvgIpc) is 3.11. The Morgan fingerprint density at radius 3 is 2.92 bits per heavy atom. The average molecular weight is 340 g/mol. The van der Waals surface area contributed by atoms with Crippen molar-refractivity contribution in [3.8, 4) is 5.75 Å². The van der Waals surface area contributed by atoms with Crippen LogP contribution in [0.15, 0.2) is 42.7 Å². The molecule has 1 saturated heterocycles. The van der Waals surface area contributed by atoms with E-state index in [1.807, 2.05) is 43.0 Å². The summed E-state index contributed by atoms with van der Waals surface area (Å²) in [6.45, 7) is 5.21. The van der Waals surface area contributed by atoms with Crippen LogP contribution in [-0.4, -0.2) is 41.1 Å². The van der Waals surface area contributed by atoms with Crippen molar-refractivity contribution >= 4 is 11.9 Å². The van der Waals surface area contributed by atoms with Gasteiger partial charge in [0.1, 0.15) is 18.4 Å². The third-order valence-electron chi connectivity index (χ3n) is 4.24. The van der Waals surface area contributed by atoms with E-state index in [9.17, 15) is 4.79 Å². The van der Waals surface area contributed by atoms with Gasteiger partial charge in [-0.2, -0.15) is 0 Å². The second-order valence-corrected chi connectivity index (χ2v) is 6.44. The Kier molecular flexibility index (Phi) is 5.48. The summed E-state index contributed by atoms with van der Waals surface area (Å²) in [5.74, 6) is 1.44. The Balaban J connectivity index is 1.54. The quantitative estimate of drug-likeness (QED) is 0.874.